The summed E-state index contributed by atoms with van der Waals surface area (Å²) in [5.74, 6) is -0.519. The average Bonchev–Trinajstić information content (AvgIpc) is 2.25. The Morgan fingerprint density at radius 3 is 3.00 bits per heavy atom. The van der Waals surface area contributed by atoms with Crippen LogP contribution in [0.4, 0.5) is 0 Å². The minimum Gasteiger partial charge on any atom is -0.461 e. The van der Waals surface area contributed by atoms with E-state index in [1.54, 1.807) is 0 Å². The number of esters is 2. The van der Waals surface area contributed by atoms with Gasteiger partial charge < -0.3 is 9.47 Å². The van der Waals surface area contributed by atoms with Crippen LogP contribution in [0.2, 0.25) is 0 Å². The van der Waals surface area contributed by atoms with E-state index in [4.69, 9.17) is 9.47 Å². The zero-order chi connectivity index (χ0) is 11.5. The van der Waals surface area contributed by atoms with Crippen LogP contribution in [-0.4, -0.2) is 11.9 Å². The van der Waals surface area contributed by atoms with Gasteiger partial charge in [-0.25, -0.2) is 0 Å². The zero-order valence-electron chi connectivity index (χ0n) is 8.99. The molecule has 1 aliphatic rings. The van der Waals surface area contributed by atoms with Crippen LogP contribution in [0.3, 0.4) is 0 Å². The van der Waals surface area contributed by atoms with Crippen LogP contribution < -0.4 is 0 Å². The molecule has 0 aromatic heterocycles. The SMILES string of the molecule is CC(=O)OCc1ccc2c(c1)CC(=O)OC2. The summed E-state index contributed by atoms with van der Waals surface area (Å²) in [5.41, 5.74) is 2.87. The molecule has 4 heteroatoms. The topological polar surface area (TPSA) is 52.6 Å². The zero-order valence-corrected chi connectivity index (χ0v) is 8.99. The molecule has 2 rings (SSSR count). The van der Waals surface area contributed by atoms with Gasteiger partial charge in [-0.1, -0.05) is 18.2 Å². The monoisotopic (exact) mass is 220 g/mol. The summed E-state index contributed by atoms with van der Waals surface area (Å²) < 4.78 is 9.81. The fourth-order valence-electron chi connectivity index (χ4n) is 1.62. The molecule has 0 unspecified atom stereocenters. The summed E-state index contributed by atoms with van der Waals surface area (Å²) in [6, 6.07) is 5.67. The van der Waals surface area contributed by atoms with Gasteiger partial charge >= 0.3 is 11.9 Å². The van der Waals surface area contributed by atoms with Crippen molar-refractivity contribution in [1.82, 2.24) is 0 Å². The molecule has 0 spiro atoms. The van der Waals surface area contributed by atoms with E-state index in [2.05, 4.69) is 0 Å². The Labute approximate surface area is 93.2 Å². The van der Waals surface area contributed by atoms with Crippen molar-refractivity contribution in [1.29, 1.82) is 0 Å². The van der Waals surface area contributed by atoms with Crippen molar-refractivity contribution in [3.63, 3.8) is 0 Å². The molecule has 1 aromatic rings. The Bertz CT molecular complexity index is 437. The molecular weight excluding hydrogens is 208 g/mol. The van der Waals surface area contributed by atoms with Crippen molar-refractivity contribution in [2.24, 2.45) is 0 Å². The molecule has 1 heterocycles. The lowest BCUT2D eigenvalue weighted by Crippen LogP contribution is -2.16. The smallest absolute Gasteiger partial charge is 0.310 e. The maximum atomic E-state index is 11.1. The molecule has 0 bridgehead atoms. The molecule has 0 amide bonds. The molecular formula is C12H12O4. The highest BCUT2D eigenvalue weighted by atomic mass is 16.5. The first-order valence-corrected chi connectivity index (χ1v) is 5.05. The van der Waals surface area contributed by atoms with Gasteiger partial charge in [-0.15, -0.1) is 0 Å². The van der Waals surface area contributed by atoms with Crippen molar-refractivity contribution in [2.45, 2.75) is 26.6 Å². The van der Waals surface area contributed by atoms with Gasteiger partial charge in [0.05, 0.1) is 6.42 Å². The summed E-state index contributed by atoms with van der Waals surface area (Å²) in [6.45, 7) is 1.95. The number of benzene rings is 1. The van der Waals surface area contributed by atoms with E-state index < -0.39 is 0 Å². The predicted molar refractivity (Wildman–Crippen MR) is 55.4 cm³/mol. The number of cyclic esters (lactones) is 1. The maximum absolute atomic E-state index is 11.1. The number of rotatable bonds is 2. The standard InChI is InChI=1S/C12H12O4/c1-8(13)15-6-9-2-3-10-7-16-12(14)5-11(10)4-9/h2-4H,5-7H2,1H3. The van der Waals surface area contributed by atoms with Gasteiger partial charge in [0.1, 0.15) is 13.2 Å². The second-order valence-corrected chi connectivity index (χ2v) is 3.72. The Balaban J connectivity index is 2.14. The van der Waals surface area contributed by atoms with E-state index in [9.17, 15) is 9.59 Å². The molecule has 0 saturated carbocycles. The van der Waals surface area contributed by atoms with Gasteiger partial charge in [0, 0.05) is 6.92 Å². The van der Waals surface area contributed by atoms with E-state index in [0.717, 1.165) is 16.7 Å². The number of carbonyl (C=O) groups is 2. The van der Waals surface area contributed by atoms with Gasteiger partial charge in [0.15, 0.2) is 0 Å². The summed E-state index contributed by atoms with van der Waals surface area (Å²) in [4.78, 5) is 21.8. The number of carbonyl (C=O) groups excluding carboxylic acids is 2. The van der Waals surface area contributed by atoms with Crippen LogP contribution in [0.5, 0.6) is 0 Å². The van der Waals surface area contributed by atoms with Crippen LogP contribution >= 0.6 is 0 Å². The first-order valence-electron chi connectivity index (χ1n) is 5.05. The normalized spacial score (nSPS) is 13.9. The van der Waals surface area contributed by atoms with Crippen molar-refractivity contribution in [3.05, 3.63) is 34.9 Å². The molecule has 0 radical (unpaired) electrons. The number of hydrogen-bond acceptors (Lipinski definition) is 4. The fourth-order valence-corrected chi connectivity index (χ4v) is 1.62. The Hall–Kier alpha value is -1.84. The Morgan fingerprint density at radius 1 is 1.44 bits per heavy atom. The molecule has 0 fully saturated rings. The predicted octanol–water partition coefficient (Wildman–Crippen LogP) is 1.35. The second kappa shape index (κ2) is 4.35. The highest BCUT2D eigenvalue weighted by molar-refractivity contribution is 5.74. The first-order chi connectivity index (χ1) is 7.65. The summed E-state index contributed by atoms with van der Waals surface area (Å²) in [7, 11) is 0. The summed E-state index contributed by atoms with van der Waals surface area (Å²) >= 11 is 0. The van der Waals surface area contributed by atoms with Gasteiger partial charge in [0.25, 0.3) is 0 Å². The molecule has 16 heavy (non-hydrogen) atoms. The molecule has 0 atom stereocenters. The molecule has 0 N–H and O–H groups in total. The second-order valence-electron chi connectivity index (χ2n) is 3.72. The van der Waals surface area contributed by atoms with E-state index in [-0.39, 0.29) is 18.5 Å². The first kappa shape index (κ1) is 10.7. The average molecular weight is 220 g/mol. The number of ether oxygens (including phenoxy) is 2. The van der Waals surface area contributed by atoms with E-state index in [0.29, 0.717) is 13.0 Å². The molecule has 4 nitrogen and oxygen atoms in total. The minimum atomic E-state index is -0.308. The third-order valence-corrected chi connectivity index (χ3v) is 2.44. The lowest BCUT2D eigenvalue weighted by atomic mass is 10.0. The number of fused-ring (bicyclic) bond motifs is 1. The Kier molecular flexibility index (Phi) is 2.90. The fraction of sp³-hybridized carbons (Fsp3) is 0.333. The van der Waals surface area contributed by atoms with E-state index >= 15 is 0 Å². The van der Waals surface area contributed by atoms with Crippen molar-refractivity contribution >= 4 is 11.9 Å². The van der Waals surface area contributed by atoms with Gasteiger partial charge in [0.2, 0.25) is 0 Å². The quantitative estimate of drug-likeness (QED) is 0.706. The van der Waals surface area contributed by atoms with Crippen LogP contribution in [0.1, 0.15) is 23.6 Å². The number of hydrogen-bond donors (Lipinski definition) is 0. The third-order valence-electron chi connectivity index (χ3n) is 2.44. The minimum absolute atomic E-state index is 0.211. The van der Waals surface area contributed by atoms with Crippen LogP contribution in [0, 0.1) is 0 Å². The van der Waals surface area contributed by atoms with E-state index in [1.165, 1.54) is 6.92 Å². The highest BCUT2D eigenvalue weighted by Crippen LogP contribution is 2.19. The summed E-state index contributed by atoms with van der Waals surface area (Å²) in [6.07, 6.45) is 0.295. The van der Waals surface area contributed by atoms with Crippen molar-refractivity contribution in [3.8, 4) is 0 Å². The molecule has 0 saturated heterocycles. The van der Waals surface area contributed by atoms with E-state index in [1.807, 2.05) is 18.2 Å². The summed E-state index contributed by atoms with van der Waals surface area (Å²) in [5, 5.41) is 0. The Morgan fingerprint density at radius 2 is 2.25 bits per heavy atom. The van der Waals surface area contributed by atoms with Crippen molar-refractivity contribution < 1.29 is 19.1 Å². The highest BCUT2D eigenvalue weighted by Gasteiger charge is 2.16. The van der Waals surface area contributed by atoms with Crippen LogP contribution in [0.15, 0.2) is 18.2 Å². The van der Waals surface area contributed by atoms with Gasteiger partial charge in [-0.3, -0.25) is 9.59 Å². The van der Waals surface area contributed by atoms with Gasteiger partial charge in [-0.05, 0) is 16.7 Å². The van der Waals surface area contributed by atoms with Crippen LogP contribution in [0.25, 0.3) is 0 Å². The third kappa shape index (κ3) is 2.39. The van der Waals surface area contributed by atoms with Gasteiger partial charge in [-0.2, -0.15) is 0 Å². The maximum Gasteiger partial charge on any atom is 0.310 e. The molecule has 1 aliphatic heterocycles. The molecule has 1 aromatic carbocycles. The molecule has 84 valence electrons. The van der Waals surface area contributed by atoms with Crippen molar-refractivity contribution in [2.75, 3.05) is 0 Å². The molecule has 0 aliphatic carbocycles. The lowest BCUT2D eigenvalue weighted by Gasteiger charge is -2.16. The largest absolute Gasteiger partial charge is 0.461 e. The lowest BCUT2D eigenvalue weighted by molar-refractivity contribution is -0.145. The van der Waals surface area contributed by atoms with Crippen LogP contribution in [-0.2, 0) is 38.7 Å².